The first-order valence-corrected chi connectivity index (χ1v) is 7.11. The maximum Gasteiger partial charge on any atom is 0.193 e. The van der Waals surface area contributed by atoms with E-state index in [2.05, 4.69) is 10.3 Å². The van der Waals surface area contributed by atoms with Gasteiger partial charge in [-0.1, -0.05) is 0 Å². The molecule has 0 aliphatic carbocycles. The first-order chi connectivity index (χ1) is 10.5. The average Bonchev–Trinajstić information content (AvgIpc) is 2.85. The standard InChI is InChI=1S/C15H23N3O4/c1-10-15(19,6-7-22-10)9-17-14(16)18-11-4-5-12(20-2)13(8-11)21-3/h4-5,8,10,19H,6-7,9H2,1-3H3,(H3,16,17,18). The zero-order valence-corrected chi connectivity index (χ0v) is 13.1. The summed E-state index contributed by atoms with van der Waals surface area (Å²) in [5, 5.41) is 13.3. The minimum Gasteiger partial charge on any atom is -0.493 e. The Morgan fingerprint density at radius 2 is 2.18 bits per heavy atom. The van der Waals surface area contributed by atoms with Crippen molar-refractivity contribution in [2.45, 2.75) is 25.0 Å². The number of guanidine groups is 1. The molecular formula is C15H23N3O4. The number of nitrogens with two attached hydrogens (primary N) is 1. The van der Waals surface area contributed by atoms with Gasteiger partial charge in [0.15, 0.2) is 17.5 Å². The Morgan fingerprint density at radius 3 is 2.77 bits per heavy atom. The average molecular weight is 309 g/mol. The number of hydrogen-bond acceptors (Lipinski definition) is 5. The van der Waals surface area contributed by atoms with Crippen LogP contribution in [-0.2, 0) is 4.74 Å². The molecule has 2 unspecified atom stereocenters. The predicted molar refractivity (Wildman–Crippen MR) is 84.6 cm³/mol. The first kappa shape index (κ1) is 16.4. The molecule has 2 rings (SSSR count). The van der Waals surface area contributed by atoms with Crippen molar-refractivity contribution in [2.75, 3.05) is 32.7 Å². The molecule has 22 heavy (non-hydrogen) atoms. The molecule has 1 aliphatic heterocycles. The molecule has 0 saturated carbocycles. The van der Waals surface area contributed by atoms with Crippen LogP contribution in [0.25, 0.3) is 0 Å². The number of rotatable bonds is 5. The van der Waals surface area contributed by atoms with Crippen LogP contribution in [0.1, 0.15) is 13.3 Å². The maximum absolute atomic E-state index is 10.4. The lowest BCUT2D eigenvalue weighted by Gasteiger charge is -2.23. The van der Waals surface area contributed by atoms with Crippen LogP contribution in [0, 0.1) is 0 Å². The topological polar surface area (TPSA) is 98.3 Å². The lowest BCUT2D eigenvalue weighted by atomic mass is 9.97. The van der Waals surface area contributed by atoms with Gasteiger partial charge in [0.1, 0.15) is 5.60 Å². The van der Waals surface area contributed by atoms with Crippen molar-refractivity contribution in [3.8, 4) is 11.5 Å². The van der Waals surface area contributed by atoms with Crippen LogP contribution in [0.5, 0.6) is 11.5 Å². The Labute approximate surface area is 130 Å². The fourth-order valence-corrected chi connectivity index (χ4v) is 2.30. The highest BCUT2D eigenvalue weighted by Crippen LogP contribution is 2.29. The molecule has 0 radical (unpaired) electrons. The van der Waals surface area contributed by atoms with Crippen LogP contribution >= 0.6 is 0 Å². The molecule has 0 amide bonds. The molecule has 1 aromatic carbocycles. The highest BCUT2D eigenvalue weighted by molar-refractivity contribution is 5.92. The summed E-state index contributed by atoms with van der Waals surface area (Å²) in [6.07, 6.45) is 0.312. The van der Waals surface area contributed by atoms with Crippen molar-refractivity contribution >= 4 is 11.6 Å². The molecule has 7 nitrogen and oxygen atoms in total. The minimum absolute atomic E-state index is 0.195. The molecule has 1 aliphatic rings. The van der Waals surface area contributed by atoms with Crippen LogP contribution in [0.4, 0.5) is 5.69 Å². The van der Waals surface area contributed by atoms with E-state index >= 15 is 0 Å². The van der Waals surface area contributed by atoms with Gasteiger partial charge in [0.2, 0.25) is 0 Å². The Hall–Kier alpha value is -1.99. The molecule has 1 saturated heterocycles. The van der Waals surface area contributed by atoms with Crippen LogP contribution in [0.2, 0.25) is 0 Å². The Morgan fingerprint density at radius 1 is 1.45 bits per heavy atom. The number of ether oxygens (including phenoxy) is 3. The fraction of sp³-hybridized carbons (Fsp3) is 0.533. The summed E-state index contributed by atoms with van der Waals surface area (Å²) in [6, 6.07) is 5.34. The number of benzene rings is 1. The monoisotopic (exact) mass is 309 g/mol. The third-order valence-electron chi connectivity index (χ3n) is 3.84. The van der Waals surface area contributed by atoms with Crippen LogP contribution < -0.4 is 20.5 Å². The largest absolute Gasteiger partial charge is 0.493 e. The van der Waals surface area contributed by atoms with Gasteiger partial charge in [0.25, 0.3) is 0 Å². The zero-order chi connectivity index (χ0) is 16.2. The minimum atomic E-state index is -0.954. The van der Waals surface area contributed by atoms with Crippen LogP contribution in [0.3, 0.4) is 0 Å². The Bertz CT molecular complexity index is 550. The van der Waals surface area contributed by atoms with E-state index in [0.717, 1.165) is 5.69 Å². The summed E-state index contributed by atoms with van der Waals surface area (Å²) in [5.74, 6) is 1.45. The second-order valence-electron chi connectivity index (χ2n) is 5.26. The molecule has 122 valence electrons. The molecule has 2 atom stereocenters. The number of methoxy groups -OCH3 is 2. The molecule has 1 heterocycles. The van der Waals surface area contributed by atoms with Crippen molar-refractivity contribution in [1.29, 1.82) is 0 Å². The quantitative estimate of drug-likeness (QED) is 0.554. The number of aliphatic imine (C=N–C) groups is 1. The fourth-order valence-electron chi connectivity index (χ4n) is 2.30. The number of aliphatic hydroxyl groups is 1. The maximum atomic E-state index is 10.4. The van der Waals surface area contributed by atoms with Gasteiger partial charge < -0.3 is 30.4 Å². The van der Waals surface area contributed by atoms with Gasteiger partial charge in [-0.15, -0.1) is 0 Å². The smallest absolute Gasteiger partial charge is 0.193 e. The summed E-state index contributed by atoms with van der Waals surface area (Å²) in [5.41, 5.74) is 5.63. The van der Waals surface area contributed by atoms with Gasteiger partial charge in [0, 0.05) is 24.8 Å². The van der Waals surface area contributed by atoms with E-state index in [0.29, 0.717) is 24.5 Å². The van der Waals surface area contributed by atoms with Gasteiger partial charge in [0.05, 0.1) is 26.9 Å². The highest BCUT2D eigenvalue weighted by atomic mass is 16.5. The number of nitrogens with one attached hydrogen (secondary N) is 1. The molecule has 0 bridgehead atoms. The summed E-state index contributed by atoms with van der Waals surface area (Å²) in [7, 11) is 3.14. The molecule has 0 spiro atoms. The number of anilines is 1. The van der Waals surface area contributed by atoms with Gasteiger partial charge in [-0.25, -0.2) is 0 Å². The third-order valence-corrected chi connectivity index (χ3v) is 3.84. The van der Waals surface area contributed by atoms with E-state index in [9.17, 15) is 5.11 Å². The second kappa shape index (κ2) is 6.85. The van der Waals surface area contributed by atoms with Crippen LogP contribution in [0.15, 0.2) is 23.2 Å². The number of hydrogen-bond donors (Lipinski definition) is 3. The van der Waals surface area contributed by atoms with Gasteiger partial charge in [-0.05, 0) is 19.1 Å². The molecule has 4 N–H and O–H groups in total. The summed E-state index contributed by atoms with van der Waals surface area (Å²) < 4.78 is 15.8. The van der Waals surface area contributed by atoms with E-state index < -0.39 is 5.60 Å². The highest BCUT2D eigenvalue weighted by Gasteiger charge is 2.39. The van der Waals surface area contributed by atoms with Crippen molar-refractivity contribution in [1.82, 2.24) is 0 Å². The molecule has 7 heteroatoms. The van der Waals surface area contributed by atoms with E-state index in [-0.39, 0.29) is 18.6 Å². The molecule has 1 fully saturated rings. The lowest BCUT2D eigenvalue weighted by Crippen LogP contribution is -2.40. The van der Waals surface area contributed by atoms with Gasteiger partial charge in [-0.2, -0.15) is 0 Å². The van der Waals surface area contributed by atoms with Gasteiger partial charge >= 0.3 is 0 Å². The van der Waals surface area contributed by atoms with E-state index in [1.807, 2.05) is 6.92 Å². The molecule has 1 aromatic rings. The summed E-state index contributed by atoms with van der Waals surface area (Å²) in [6.45, 7) is 2.57. The Kier molecular flexibility index (Phi) is 5.10. The number of nitrogens with zero attached hydrogens (tertiary/aromatic N) is 1. The molecular weight excluding hydrogens is 286 g/mol. The van der Waals surface area contributed by atoms with Crippen molar-refractivity contribution < 1.29 is 19.3 Å². The summed E-state index contributed by atoms with van der Waals surface area (Å²) >= 11 is 0. The third kappa shape index (κ3) is 3.61. The Balaban J connectivity index is 2.02. The van der Waals surface area contributed by atoms with E-state index in [1.165, 1.54) is 0 Å². The first-order valence-electron chi connectivity index (χ1n) is 7.11. The zero-order valence-electron chi connectivity index (χ0n) is 13.1. The second-order valence-corrected chi connectivity index (χ2v) is 5.26. The van der Waals surface area contributed by atoms with Gasteiger partial charge in [-0.3, -0.25) is 4.99 Å². The van der Waals surface area contributed by atoms with Crippen molar-refractivity contribution in [3.63, 3.8) is 0 Å². The lowest BCUT2D eigenvalue weighted by molar-refractivity contribution is -0.0201. The van der Waals surface area contributed by atoms with Crippen LogP contribution in [-0.4, -0.2) is 50.1 Å². The van der Waals surface area contributed by atoms with Crippen molar-refractivity contribution in [2.24, 2.45) is 10.7 Å². The molecule has 0 aromatic heterocycles. The van der Waals surface area contributed by atoms with E-state index in [4.69, 9.17) is 19.9 Å². The SMILES string of the molecule is COc1ccc(NC(N)=NCC2(O)CCOC2C)cc1OC. The van der Waals surface area contributed by atoms with E-state index in [1.54, 1.807) is 32.4 Å². The van der Waals surface area contributed by atoms with Crippen molar-refractivity contribution in [3.05, 3.63) is 18.2 Å². The summed E-state index contributed by atoms with van der Waals surface area (Å²) in [4.78, 5) is 4.20. The predicted octanol–water partition coefficient (Wildman–Crippen LogP) is 0.970. The normalized spacial score (nSPS) is 25.1.